The average Bonchev–Trinajstić information content (AvgIpc) is 1.39. The van der Waals surface area contributed by atoms with Gasteiger partial charge < -0.3 is 0 Å². The summed E-state index contributed by atoms with van der Waals surface area (Å²) < 4.78 is 16.5. The van der Waals surface area contributed by atoms with Crippen molar-refractivity contribution in [2.24, 2.45) is 0 Å². The fourth-order valence-corrected chi connectivity index (χ4v) is 0. The van der Waals surface area contributed by atoms with E-state index >= 15 is 0 Å². The zero-order valence-corrected chi connectivity index (χ0v) is 5.70. The van der Waals surface area contributed by atoms with Crippen molar-refractivity contribution in [3.05, 3.63) is 0 Å². The summed E-state index contributed by atoms with van der Waals surface area (Å²) in [4.78, 5) is 0. The maximum absolute atomic E-state index is 8.25. The molecule has 0 saturated heterocycles. The van der Waals surface area contributed by atoms with Gasteiger partial charge >= 0.3 is 71.9 Å². The van der Waals surface area contributed by atoms with Crippen molar-refractivity contribution in [1.29, 1.82) is 0 Å². The van der Waals surface area contributed by atoms with E-state index in [2.05, 4.69) is 0 Å². The van der Waals surface area contributed by atoms with E-state index in [0.29, 0.717) is 0 Å². The number of rotatable bonds is 0. The van der Waals surface area contributed by atoms with Gasteiger partial charge in [-0.3, -0.25) is 0 Å². The number of hydrogen-bond acceptors (Lipinski definition) is 4. The molecule has 0 fully saturated rings. The fraction of sp³-hybridized carbons (Fsp3) is 0. The summed E-state index contributed by atoms with van der Waals surface area (Å²) in [5.74, 6) is 0. The van der Waals surface area contributed by atoms with Gasteiger partial charge in [0.15, 0.2) is 0 Å². The molecule has 0 heterocycles. The van der Waals surface area contributed by atoms with Gasteiger partial charge in [-0.05, 0) is 0 Å². The predicted octanol–water partition coefficient (Wildman–Crippen LogP) is -3.76. The van der Waals surface area contributed by atoms with Crippen molar-refractivity contribution in [1.82, 2.24) is 0 Å². The molecule has 0 bridgehead atoms. The van der Waals surface area contributed by atoms with Gasteiger partial charge in [0.1, 0.15) is 0 Å². The van der Waals surface area contributed by atoms with Crippen molar-refractivity contribution in [3.63, 3.8) is 0 Å². The Balaban J connectivity index is -0.0000000400. The largest absolute Gasteiger partial charge is 2.00 e. The van der Waals surface area contributed by atoms with E-state index in [1.807, 2.05) is 0 Å². The Morgan fingerprint density at radius 1 is 1.00 bits per heavy atom. The quantitative estimate of drug-likeness (QED) is 0.312. The Morgan fingerprint density at radius 2 is 1.00 bits per heavy atom. The summed E-state index contributed by atoms with van der Waals surface area (Å²) in [6.07, 6.45) is 0. The van der Waals surface area contributed by atoms with E-state index in [9.17, 15) is 0 Å². The molecule has 0 rings (SSSR count). The third-order valence-electron chi connectivity index (χ3n) is 0. The van der Waals surface area contributed by atoms with Crippen LogP contribution in [0.1, 0.15) is 0 Å². The standard InChI is InChI=1S/2BO2.Ca/c2*2-1-3;/q2*-1;+2. The smallest absolute Gasteiger partial charge is 2.00 e. The van der Waals surface area contributed by atoms with Gasteiger partial charge in [0.25, 0.3) is 0 Å². The molecule has 0 aliphatic carbocycles. The minimum atomic E-state index is -0.500. The van der Waals surface area contributed by atoms with Gasteiger partial charge in [0.05, 0.1) is 0 Å². The van der Waals surface area contributed by atoms with Crippen LogP contribution in [0.3, 0.4) is 0 Å². The molecule has 4 nitrogen and oxygen atoms in total. The van der Waals surface area contributed by atoms with E-state index in [4.69, 9.17) is 19.5 Å². The summed E-state index contributed by atoms with van der Waals surface area (Å²) >= 11 is 0. The van der Waals surface area contributed by atoms with Crippen LogP contribution in [-0.4, -0.2) is 52.4 Å². The van der Waals surface area contributed by atoms with E-state index in [1.54, 1.807) is 0 Å². The fourth-order valence-electron chi connectivity index (χ4n) is 0. The summed E-state index contributed by atoms with van der Waals surface area (Å²) in [5.41, 5.74) is 0. The van der Waals surface area contributed by atoms with Gasteiger partial charge in [-0.2, -0.15) is 0 Å². The summed E-state index contributed by atoms with van der Waals surface area (Å²) in [6.45, 7) is 0. The monoisotopic (exact) mass is 126 g/mol. The summed E-state index contributed by atoms with van der Waals surface area (Å²) in [5, 5.41) is 16.5. The zero-order valence-electron chi connectivity index (χ0n) is 3.49. The summed E-state index contributed by atoms with van der Waals surface area (Å²) in [6, 6.07) is 0. The first-order valence-corrected chi connectivity index (χ1v) is 0.943. The molecule has 0 aliphatic rings. The normalized spacial score (nSPS) is 2.29. The molecule has 0 saturated carbocycles. The predicted molar refractivity (Wildman–Crippen MR) is 18.6 cm³/mol. The first kappa shape index (κ1) is 15.6. The molecule has 0 radical (unpaired) electrons. The maximum Gasteiger partial charge on any atom is 2.00 e. The third kappa shape index (κ3) is 399. The van der Waals surface area contributed by atoms with Crippen molar-refractivity contribution in [2.75, 3.05) is 0 Å². The minimum absolute atomic E-state index is 0. The van der Waals surface area contributed by atoms with Crippen molar-refractivity contribution < 1.29 is 19.5 Å². The average molecular weight is 126 g/mol. The zero-order chi connectivity index (χ0) is 5.41. The first-order chi connectivity index (χ1) is 2.83. The van der Waals surface area contributed by atoms with Crippen LogP contribution in [0.5, 0.6) is 0 Å². The Labute approximate surface area is 71.5 Å². The molecule has 0 atom stereocenters. The van der Waals surface area contributed by atoms with E-state index in [0.717, 1.165) is 0 Å². The topological polar surface area (TPSA) is 80.3 Å². The Kier molecular flexibility index (Phi) is 68.6. The Bertz CT molecular complexity index is 30.7. The second-order valence-corrected chi connectivity index (χ2v) is 0.192. The molecule has 0 aromatic heterocycles. The van der Waals surface area contributed by atoms with Gasteiger partial charge in [-0.15, -0.1) is 0 Å². The van der Waals surface area contributed by atoms with Gasteiger partial charge in [0.2, 0.25) is 0 Å². The van der Waals surface area contributed by atoms with Crippen LogP contribution in [0.25, 0.3) is 0 Å². The maximum atomic E-state index is 8.25. The molecule has 7 heteroatoms. The molecule has 0 aromatic rings. The molecule has 0 aliphatic heterocycles. The molecule has 32 valence electrons. The minimum Gasteiger partial charge on any atom is 2.00 e. The third-order valence-corrected chi connectivity index (χ3v) is 0. The molecule has 0 aromatic carbocycles. The number of hydrogen-bond donors (Lipinski definition) is 0. The van der Waals surface area contributed by atoms with Gasteiger partial charge in [-0.25, -0.2) is 0 Å². The van der Waals surface area contributed by atoms with Crippen molar-refractivity contribution in [3.8, 4) is 0 Å². The summed E-state index contributed by atoms with van der Waals surface area (Å²) in [7, 11) is -1.00. The Hall–Kier alpha value is 0.590. The molecule has 0 spiro atoms. The van der Waals surface area contributed by atoms with Crippen LogP contribution in [0.2, 0.25) is 0 Å². The molecule has 0 N–H and O–H groups in total. The van der Waals surface area contributed by atoms with E-state index in [-0.39, 0.29) is 37.7 Å². The molecular weight excluding hydrogens is 126 g/mol. The van der Waals surface area contributed by atoms with Gasteiger partial charge in [-0.1, -0.05) is 0 Å². The van der Waals surface area contributed by atoms with Crippen LogP contribution in [-0.2, 0) is 9.41 Å². The van der Waals surface area contributed by atoms with Crippen molar-refractivity contribution >= 4 is 52.4 Å². The molecule has 0 amide bonds. The van der Waals surface area contributed by atoms with Crippen LogP contribution in [0, 0.1) is 0 Å². The van der Waals surface area contributed by atoms with Crippen LogP contribution in [0.15, 0.2) is 0 Å². The first-order valence-electron chi connectivity index (χ1n) is 0.943. The molecule has 0 unspecified atom stereocenters. The second-order valence-electron chi connectivity index (χ2n) is 0.192. The SMILES string of the molecule is O=B[O-].O=B[O-].[Ca+2]. The van der Waals surface area contributed by atoms with Gasteiger partial charge in [0, 0.05) is 0 Å². The molecule has 7 heavy (non-hydrogen) atoms. The van der Waals surface area contributed by atoms with Crippen LogP contribution >= 0.6 is 0 Å². The van der Waals surface area contributed by atoms with E-state index in [1.165, 1.54) is 0 Å². The molecular formula is B2CaO4. The Morgan fingerprint density at radius 3 is 1.00 bits per heavy atom. The second kappa shape index (κ2) is 30.7. The van der Waals surface area contributed by atoms with Crippen LogP contribution < -0.4 is 10.0 Å². The van der Waals surface area contributed by atoms with Crippen molar-refractivity contribution in [2.45, 2.75) is 0 Å². The van der Waals surface area contributed by atoms with E-state index < -0.39 is 14.7 Å². The van der Waals surface area contributed by atoms with Crippen LogP contribution in [0.4, 0.5) is 0 Å².